The highest BCUT2D eigenvalue weighted by atomic mass is 32.2. The first-order chi connectivity index (χ1) is 15.6. The molecule has 4 atom stereocenters. The van der Waals surface area contributed by atoms with Crippen molar-refractivity contribution in [1.29, 1.82) is 0 Å². The van der Waals surface area contributed by atoms with Gasteiger partial charge in [-0.05, 0) is 69.1 Å². The summed E-state index contributed by atoms with van der Waals surface area (Å²) in [6, 6.07) is 5.00. The lowest BCUT2D eigenvalue weighted by atomic mass is 9.64. The van der Waals surface area contributed by atoms with Gasteiger partial charge in [0.2, 0.25) is 14.9 Å². The number of β-lactam (4-membered cyclic amide) rings is 1. The van der Waals surface area contributed by atoms with Crippen LogP contribution >= 0.6 is 11.8 Å². The number of carbonyl (C=O) groups excluding carboxylic acids is 3. The SMILES string of the molecule is C[C@@H](C(=O)Sc1ccccn1)[C@@H]1[C@H]([C@@H](CO[Si](C)C)C(C)(C)C)C(=O)N1CC(=O)OC(C)(C)C. The fourth-order valence-electron chi connectivity index (χ4n) is 4.18. The summed E-state index contributed by atoms with van der Waals surface area (Å²) in [5.74, 6) is -1.59. The van der Waals surface area contributed by atoms with Gasteiger partial charge in [0.15, 0.2) is 5.12 Å². The zero-order valence-electron chi connectivity index (χ0n) is 21.9. The number of carbonyl (C=O) groups is 3. The van der Waals surface area contributed by atoms with Gasteiger partial charge in [-0.1, -0.05) is 33.8 Å². The van der Waals surface area contributed by atoms with Gasteiger partial charge < -0.3 is 14.1 Å². The van der Waals surface area contributed by atoms with Crippen molar-refractivity contribution < 1.29 is 23.5 Å². The molecular weight excluding hydrogens is 468 g/mol. The van der Waals surface area contributed by atoms with E-state index in [2.05, 4.69) is 38.8 Å². The van der Waals surface area contributed by atoms with Gasteiger partial charge in [-0.3, -0.25) is 14.4 Å². The summed E-state index contributed by atoms with van der Waals surface area (Å²) in [5.41, 5.74) is -0.872. The molecule has 1 aromatic heterocycles. The summed E-state index contributed by atoms with van der Waals surface area (Å²) >= 11 is 1.07. The zero-order chi connectivity index (χ0) is 25.8. The number of hydrogen-bond donors (Lipinski definition) is 0. The van der Waals surface area contributed by atoms with E-state index in [4.69, 9.17) is 9.16 Å². The average Bonchev–Trinajstić information content (AvgIpc) is 2.69. The quantitative estimate of drug-likeness (QED) is 0.211. The monoisotopic (exact) mass is 507 g/mol. The summed E-state index contributed by atoms with van der Waals surface area (Å²) in [6.45, 7) is 17.9. The number of ether oxygens (including phenoxy) is 1. The molecule has 1 amide bonds. The molecule has 0 bridgehead atoms. The van der Waals surface area contributed by atoms with Gasteiger partial charge in [0.05, 0.1) is 12.0 Å². The number of nitrogens with zero attached hydrogens (tertiary/aromatic N) is 2. The van der Waals surface area contributed by atoms with Gasteiger partial charge >= 0.3 is 5.97 Å². The van der Waals surface area contributed by atoms with Crippen LogP contribution in [0.5, 0.6) is 0 Å². The molecule has 1 saturated heterocycles. The van der Waals surface area contributed by atoms with E-state index in [1.54, 1.807) is 39.1 Å². The van der Waals surface area contributed by atoms with E-state index in [-0.39, 0.29) is 28.9 Å². The van der Waals surface area contributed by atoms with Gasteiger partial charge in [-0.2, -0.15) is 0 Å². The third-order valence-electron chi connectivity index (χ3n) is 5.84. The fourth-order valence-corrected chi connectivity index (χ4v) is 5.48. The van der Waals surface area contributed by atoms with Crippen LogP contribution in [0.1, 0.15) is 48.5 Å². The van der Waals surface area contributed by atoms with E-state index in [1.165, 1.54) is 4.90 Å². The molecule has 189 valence electrons. The summed E-state index contributed by atoms with van der Waals surface area (Å²) in [5, 5.41) is 0.528. The van der Waals surface area contributed by atoms with Crippen molar-refractivity contribution in [2.45, 2.75) is 78.2 Å². The lowest BCUT2D eigenvalue weighted by Crippen LogP contribution is -2.69. The predicted octanol–water partition coefficient (Wildman–Crippen LogP) is 4.44. The van der Waals surface area contributed by atoms with Crippen molar-refractivity contribution in [2.24, 2.45) is 23.2 Å². The molecule has 0 unspecified atom stereocenters. The van der Waals surface area contributed by atoms with E-state index in [9.17, 15) is 14.4 Å². The Bertz CT molecular complexity index is 866. The molecule has 0 saturated carbocycles. The van der Waals surface area contributed by atoms with E-state index >= 15 is 0 Å². The molecule has 34 heavy (non-hydrogen) atoms. The first-order valence-corrected chi connectivity index (χ1v) is 14.9. The van der Waals surface area contributed by atoms with Crippen LogP contribution in [0.2, 0.25) is 13.1 Å². The number of likely N-dealkylation sites (tertiary alicyclic amines) is 1. The molecule has 0 aliphatic carbocycles. The first-order valence-electron chi connectivity index (χ1n) is 11.7. The minimum absolute atomic E-state index is 0.0836. The molecule has 2 rings (SSSR count). The molecule has 1 radical (unpaired) electrons. The average molecular weight is 508 g/mol. The third-order valence-corrected chi connectivity index (χ3v) is 7.61. The second-order valence-electron chi connectivity index (χ2n) is 11.1. The highest BCUT2D eigenvalue weighted by Gasteiger charge is 2.57. The van der Waals surface area contributed by atoms with Crippen LogP contribution in [0.25, 0.3) is 0 Å². The van der Waals surface area contributed by atoms with Gasteiger partial charge in [0, 0.05) is 18.7 Å². The van der Waals surface area contributed by atoms with Gasteiger partial charge in [0.1, 0.15) is 17.2 Å². The van der Waals surface area contributed by atoms with Crippen molar-refractivity contribution in [3.05, 3.63) is 24.4 Å². The molecule has 0 N–H and O–H groups in total. The van der Waals surface area contributed by atoms with E-state index in [1.807, 2.05) is 13.0 Å². The first kappa shape index (κ1) is 28.5. The number of amides is 1. The Morgan fingerprint density at radius 3 is 2.32 bits per heavy atom. The van der Waals surface area contributed by atoms with Crippen molar-refractivity contribution >= 4 is 37.8 Å². The number of thioether (sulfide) groups is 1. The number of esters is 1. The Morgan fingerprint density at radius 2 is 1.82 bits per heavy atom. The molecule has 0 spiro atoms. The van der Waals surface area contributed by atoms with Crippen molar-refractivity contribution in [1.82, 2.24) is 9.88 Å². The molecule has 9 heteroatoms. The Balaban J connectivity index is 2.32. The smallest absolute Gasteiger partial charge is 0.326 e. The number of aromatic nitrogens is 1. The lowest BCUT2D eigenvalue weighted by molar-refractivity contribution is -0.179. The second-order valence-corrected chi connectivity index (χ2v) is 14.3. The zero-order valence-corrected chi connectivity index (χ0v) is 23.7. The summed E-state index contributed by atoms with van der Waals surface area (Å²) < 4.78 is 11.5. The highest BCUT2D eigenvalue weighted by molar-refractivity contribution is 8.13. The maximum atomic E-state index is 13.4. The Labute approximate surface area is 210 Å². The largest absolute Gasteiger partial charge is 0.459 e. The number of rotatable bonds is 9. The lowest BCUT2D eigenvalue weighted by Gasteiger charge is -2.54. The maximum Gasteiger partial charge on any atom is 0.326 e. The summed E-state index contributed by atoms with van der Waals surface area (Å²) in [6.07, 6.45) is 1.65. The van der Waals surface area contributed by atoms with Crippen LogP contribution in [0.3, 0.4) is 0 Å². The van der Waals surface area contributed by atoms with Gasteiger partial charge in [-0.15, -0.1) is 0 Å². The molecule has 1 aliphatic heterocycles. The molecule has 7 nitrogen and oxygen atoms in total. The standard InChI is InChI=1S/C25H39N2O5SSi/c1-16(23(30)33-18-12-10-11-13-26-18)21-20(17(24(2,3)4)15-31-34(8)9)22(29)27(21)14-19(28)32-25(5,6)7/h10-13,16-17,20-21H,14-15H2,1-9H3/t16-,17-,20+,21-/m1/s1. The van der Waals surface area contributed by atoms with Crippen molar-refractivity contribution in [2.75, 3.05) is 13.2 Å². The Kier molecular flexibility index (Phi) is 9.52. The molecule has 1 aliphatic rings. The summed E-state index contributed by atoms with van der Waals surface area (Å²) in [7, 11) is -0.948. The Hall–Kier alpha value is -1.71. The van der Waals surface area contributed by atoms with Crippen LogP contribution < -0.4 is 0 Å². The summed E-state index contributed by atoms with van der Waals surface area (Å²) in [4.78, 5) is 45.0. The topological polar surface area (TPSA) is 85.8 Å². The van der Waals surface area contributed by atoms with E-state index < -0.39 is 38.5 Å². The normalized spacial score (nSPS) is 20.6. The van der Waals surface area contributed by atoms with Gasteiger partial charge in [0.25, 0.3) is 0 Å². The second kappa shape index (κ2) is 11.3. The van der Waals surface area contributed by atoms with Crippen molar-refractivity contribution in [3.8, 4) is 0 Å². The van der Waals surface area contributed by atoms with Gasteiger partial charge in [-0.25, -0.2) is 4.98 Å². The molecule has 1 aromatic rings. The third kappa shape index (κ3) is 7.65. The van der Waals surface area contributed by atoms with E-state index in [0.29, 0.717) is 11.6 Å². The van der Waals surface area contributed by atoms with Crippen LogP contribution in [0.4, 0.5) is 0 Å². The van der Waals surface area contributed by atoms with Crippen LogP contribution in [-0.2, 0) is 23.5 Å². The molecular formula is C25H39N2O5SSi. The van der Waals surface area contributed by atoms with Crippen molar-refractivity contribution in [3.63, 3.8) is 0 Å². The fraction of sp³-hybridized carbons (Fsp3) is 0.680. The number of pyridine rings is 1. The Morgan fingerprint density at radius 1 is 1.18 bits per heavy atom. The maximum absolute atomic E-state index is 13.4. The van der Waals surface area contributed by atoms with Crippen LogP contribution in [-0.4, -0.2) is 60.7 Å². The molecule has 2 heterocycles. The van der Waals surface area contributed by atoms with E-state index in [0.717, 1.165) is 11.8 Å². The molecule has 0 aromatic carbocycles. The predicted molar refractivity (Wildman–Crippen MR) is 135 cm³/mol. The molecule has 1 fully saturated rings. The number of hydrogen-bond acceptors (Lipinski definition) is 7. The minimum Gasteiger partial charge on any atom is -0.459 e. The van der Waals surface area contributed by atoms with Crippen LogP contribution in [0.15, 0.2) is 29.4 Å². The van der Waals surface area contributed by atoms with Crippen LogP contribution in [0, 0.1) is 23.2 Å². The minimum atomic E-state index is -0.948. The highest BCUT2D eigenvalue weighted by Crippen LogP contribution is 2.45.